The fourth-order valence-corrected chi connectivity index (χ4v) is 2.45. The molecule has 2 rings (SSSR count). The van der Waals surface area contributed by atoms with E-state index < -0.39 is 5.97 Å². The number of aliphatic carboxylic acids is 1. The number of carbonyl (C=O) groups is 1. The molecule has 100 valence electrons. The molecule has 3 heteroatoms. The summed E-state index contributed by atoms with van der Waals surface area (Å²) in [6, 6.07) is 7.98. The third-order valence-corrected chi connectivity index (χ3v) is 3.32. The minimum Gasteiger partial charge on any atom is -0.481 e. The van der Waals surface area contributed by atoms with E-state index in [-0.39, 0.29) is 5.92 Å². The molecule has 0 spiro atoms. The first-order valence-corrected chi connectivity index (χ1v) is 6.62. The molecule has 1 N–H and O–H groups in total. The summed E-state index contributed by atoms with van der Waals surface area (Å²) in [7, 11) is 0. The number of carboxylic acid groups (broad SMARTS) is 1. The molecule has 2 aromatic rings. The maximum atomic E-state index is 11.4. The molecule has 0 aliphatic heterocycles. The van der Waals surface area contributed by atoms with Gasteiger partial charge in [0.2, 0.25) is 0 Å². The van der Waals surface area contributed by atoms with Gasteiger partial charge in [0.1, 0.15) is 0 Å². The molecule has 0 aliphatic carbocycles. The Kier molecular flexibility index (Phi) is 4.15. The monoisotopic (exact) mass is 257 g/mol. The Bertz CT molecular complexity index is 572. The van der Waals surface area contributed by atoms with Gasteiger partial charge in [-0.2, -0.15) is 0 Å². The molecule has 1 atom stereocenters. The summed E-state index contributed by atoms with van der Waals surface area (Å²) < 4.78 is 0. The van der Waals surface area contributed by atoms with Crippen molar-refractivity contribution in [3.05, 3.63) is 42.2 Å². The highest BCUT2D eigenvalue weighted by Gasteiger charge is 2.20. The largest absolute Gasteiger partial charge is 0.481 e. The smallest absolute Gasteiger partial charge is 0.306 e. The van der Waals surface area contributed by atoms with Crippen molar-refractivity contribution in [1.82, 2.24) is 4.98 Å². The predicted molar refractivity (Wildman–Crippen MR) is 76.0 cm³/mol. The average molecular weight is 257 g/mol. The van der Waals surface area contributed by atoms with Crippen LogP contribution in [-0.2, 0) is 11.2 Å². The van der Waals surface area contributed by atoms with Crippen LogP contribution >= 0.6 is 0 Å². The number of benzene rings is 1. The quantitative estimate of drug-likeness (QED) is 0.891. The molecule has 1 aromatic heterocycles. The van der Waals surface area contributed by atoms with Crippen LogP contribution in [0.4, 0.5) is 0 Å². The van der Waals surface area contributed by atoms with E-state index >= 15 is 0 Å². The third kappa shape index (κ3) is 3.31. The number of pyridine rings is 1. The Hall–Kier alpha value is -1.90. The predicted octanol–water partition coefficient (Wildman–Crippen LogP) is 3.52. The van der Waals surface area contributed by atoms with Crippen LogP contribution in [0.5, 0.6) is 0 Å². The first-order chi connectivity index (χ1) is 9.08. The molecular formula is C16H19NO2. The molecule has 1 unspecified atom stereocenters. The van der Waals surface area contributed by atoms with Crippen LogP contribution in [0.3, 0.4) is 0 Å². The summed E-state index contributed by atoms with van der Waals surface area (Å²) >= 11 is 0. The Morgan fingerprint density at radius 2 is 2.00 bits per heavy atom. The summed E-state index contributed by atoms with van der Waals surface area (Å²) in [5.41, 5.74) is 1.02. The van der Waals surface area contributed by atoms with Crippen LogP contribution in [0.15, 0.2) is 36.7 Å². The maximum Gasteiger partial charge on any atom is 0.306 e. The summed E-state index contributed by atoms with van der Waals surface area (Å²) in [5.74, 6) is -0.682. The van der Waals surface area contributed by atoms with E-state index in [4.69, 9.17) is 0 Å². The first kappa shape index (κ1) is 13.5. The Labute approximate surface area is 113 Å². The lowest BCUT2D eigenvalue weighted by molar-refractivity contribution is -0.142. The highest BCUT2D eigenvalue weighted by molar-refractivity contribution is 5.85. The Balaban J connectivity index is 2.31. The average Bonchev–Trinajstić information content (AvgIpc) is 2.37. The van der Waals surface area contributed by atoms with Crippen LogP contribution in [0, 0.1) is 11.8 Å². The van der Waals surface area contributed by atoms with Gasteiger partial charge >= 0.3 is 5.97 Å². The molecule has 1 aromatic carbocycles. The molecule has 0 amide bonds. The van der Waals surface area contributed by atoms with Crippen LogP contribution in [0.2, 0.25) is 0 Å². The summed E-state index contributed by atoms with van der Waals surface area (Å²) in [6.45, 7) is 4.11. The van der Waals surface area contributed by atoms with Gasteiger partial charge in [-0.3, -0.25) is 9.78 Å². The highest BCUT2D eigenvalue weighted by Crippen LogP contribution is 2.23. The molecule has 3 nitrogen and oxygen atoms in total. The van der Waals surface area contributed by atoms with Crippen molar-refractivity contribution < 1.29 is 9.90 Å². The van der Waals surface area contributed by atoms with Gasteiger partial charge in [-0.15, -0.1) is 0 Å². The van der Waals surface area contributed by atoms with Gasteiger partial charge in [0.15, 0.2) is 0 Å². The molecule has 0 bridgehead atoms. The fraction of sp³-hybridized carbons (Fsp3) is 0.375. The second kappa shape index (κ2) is 5.83. The standard InChI is InChI=1S/C16H19NO2/c1-11(2)7-13(16(18)19)8-14-10-17-9-12-5-3-4-6-15(12)14/h3-6,9-11,13H,7-8H2,1-2H3,(H,18,19). The van der Waals surface area contributed by atoms with Gasteiger partial charge in [0.25, 0.3) is 0 Å². The molecule has 0 saturated heterocycles. The Morgan fingerprint density at radius 3 is 2.68 bits per heavy atom. The lowest BCUT2D eigenvalue weighted by Gasteiger charge is -2.15. The van der Waals surface area contributed by atoms with Crippen molar-refractivity contribution in [2.24, 2.45) is 11.8 Å². The molecule has 1 heterocycles. The number of carboxylic acids is 1. The van der Waals surface area contributed by atoms with Gasteiger partial charge in [0, 0.05) is 17.8 Å². The first-order valence-electron chi connectivity index (χ1n) is 6.62. The van der Waals surface area contributed by atoms with Gasteiger partial charge < -0.3 is 5.11 Å². The zero-order chi connectivity index (χ0) is 13.8. The Morgan fingerprint density at radius 1 is 1.26 bits per heavy atom. The van der Waals surface area contributed by atoms with E-state index in [2.05, 4.69) is 18.8 Å². The van der Waals surface area contributed by atoms with E-state index in [9.17, 15) is 9.90 Å². The molecule has 0 fully saturated rings. The minimum atomic E-state index is -0.721. The number of hydrogen-bond acceptors (Lipinski definition) is 2. The van der Waals surface area contributed by atoms with E-state index in [1.54, 1.807) is 6.20 Å². The van der Waals surface area contributed by atoms with Crippen molar-refractivity contribution in [2.45, 2.75) is 26.7 Å². The van der Waals surface area contributed by atoms with Crippen LogP contribution in [-0.4, -0.2) is 16.1 Å². The van der Waals surface area contributed by atoms with Crippen molar-refractivity contribution >= 4 is 16.7 Å². The zero-order valence-corrected chi connectivity index (χ0v) is 11.3. The summed E-state index contributed by atoms with van der Waals surface area (Å²) in [6.07, 6.45) is 4.84. The normalized spacial score (nSPS) is 12.8. The second-order valence-corrected chi connectivity index (χ2v) is 5.39. The number of fused-ring (bicyclic) bond motifs is 1. The van der Waals surface area contributed by atoms with Crippen molar-refractivity contribution in [1.29, 1.82) is 0 Å². The maximum absolute atomic E-state index is 11.4. The number of aromatic nitrogens is 1. The van der Waals surface area contributed by atoms with Crippen molar-refractivity contribution in [3.63, 3.8) is 0 Å². The van der Waals surface area contributed by atoms with Crippen molar-refractivity contribution in [2.75, 3.05) is 0 Å². The van der Waals surface area contributed by atoms with E-state index in [1.165, 1.54) is 0 Å². The SMILES string of the molecule is CC(C)CC(Cc1cncc2ccccc12)C(=O)O. The van der Waals surface area contributed by atoms with Crippen LogP contribution in [0.25, 0.3) is 10.8 Å². The van der Waals surface area contributed by atoms with Gasteiger partial charge in [-0.25, -0.2) is 0 Å². The van der Waals surface area contributed by atoms with Gasteiger partial charge in [0.05, 0.1) is 5.92 Å². The van der Waals surface area contributed by atoms with Crippen LogP contribution < -0.4 is 0 Å². The number of rotatable bonds is 5. The molecular weight excluding hydrogens is 238 g/mol. The fourth-order valence-electron chi connectivity index (χ4n) is 2.45. The highest BCUT2D eigenvalue weighted by atomic mass is 16.4. The molecule has 0 aliphatic rings. The van der Waals surface area contributed by atoms with Gasteiger partial charge in [-0.1, -0.05) is 38.1 Å². The van der Waals surface area contributed by atoms with Gasteiger partial charge in [-0.05, 0) is 29.7 Å². The number of hydrogen-bond donors (Lipinski definition) is 1. The molecule has 19 heavy (non-hydrogen) atoms. The topological polar surface area (TPSA) is 50.2 Å². The zero-order valence-electron chi connectivity index (χ0n) is 11.3. The second-order valence-electron chi connectivity index (χ2n) is 5.39. The number of nitrogens with zero attached hydrogens (tertiary/aromatic N) is 1. The molecule has 0 radical (unpaired) electrons. The van der Waals surface area contributed by atoms with E-state index in [0.717, 1.165) is 16.3 Å². The van der Waals surface area contributed by atoms with Crippen LogP contribution in [0.1, 0.15) is 25.8 Å². The van der Waals surface area contributed by atoms with Crippen molar-refractivity contribution in [3.8, 4) is 0 Å². The lowest BCUT2D eigenvalue weighted by atomic mass is 9.90. The lowest BCUT2D eigenvalue weighted by Crippen LogP contribution is -2.18. The molecule has 0 saturated carbocycles. The summed E-state index contributed by atoms with van der Waals surface area (Å²) in [4.78, 5) is 15.6. The third-order valence-electron chi connectivity index (χ3n) is 3.32. The minimum absolute atomic E-state index is 0.340. The summed E-state index contributed by atoms with van der Waals surface area (Å²) in [5, 5.41) is 11.5. The van der Waals surface area contributed by atoms with E-state index in [0.29, 0.717) is 18.8 Å². The van der Waals surface area contributed by atoms with E-state index in [1.807, 2.05) is 30.5 Å².